The third kappa shape index (κ3) is 2.43. The molecule has 0 unspecified atom stereocenters. The fraction of sp³-hybridized carbons (Fsp3) is 0.286. The van der Waals surface area contributed by atoms with Gasteiger partial charge >= 0.3 is 5.97 Å². The van der Waals surface area contributed by atoms with Crippen LogP contribution < -0.4 is 5.43 Å². The summed E-state index contributed by atoms with van der Waals surface area (Å²) < 4.78 is 29.8. The third-order valence-electron chi connectivity index (χ3n) is 3.76. The van der Waals surface area contributed by atoms with Crippen molar-refractivity contribution < 1.29 is 23.6 Å². The van der Waals surface area contributed by atoms with Gasteiger partial charge in [-0.1, -0.05) is 0 Å². The van der Waals surface area contributed by atoms with E-state index >= 15 is 0 Å². The molecule has 0 atom stereocenters. The van der Waals surface area contributed by atoms with Crippen molar-refractivity contribution in [3.8, 4) is 0 Å². The van der Waals surface area contributed by atoms with Crippen molar-refractivity contribution in [1.82, 2.24) is 4.57 Å². The van der Waals surface area contributed by atoms with Crippen LogP contribution in [0.4, 0.5) is 8.78 Å². The van der Waals surface area contributed by atoms with E-state index in [1.807, 2.05) is 0 Å². The summed E-state index contributed by atoms with van der Waals surface area (Å²) >= 11 is 0. The summed E-state index contributed by atoms with van der Waals surface area (Å²) in [6, 6.07) is 0.463. The van der Waals surface area contributed by atoms with Crippen LogP contribution in [-0.2, 0) is 6.54 Å². The molecule has 23 heavy (non-hydrogen) atoms. The van der Waals surface area contributed by atoms with Gasteiger partial charge in [0.15, 0.2) is 5.82 Å². The Bertz CT molecular complexity index is 918. The minimum absolute atomic E-state index is 0.209. The molecule has 9 heteroatoms. The molecule has 0 saturated heterocycles. The molecule has 1 fully saturated rings. The van der Waals surface area contributed by atoms with Gasteiger partial charge in [0, 0.05) is 17.2 Å². The van der Waals surface area contributed by atoms with Gasteiger partial charge in [-0.15, -0.1) is 0 Å². The van der Waals surface area contributed by atoms with E-state index in [1.54, 1.807) is 0 Å². The zero-order valence-electron chi connectivity index (χ0n) is 11.6. The van der Waals surface area contributed by atoms with E-state index in [2.05, 4.69) is 0 Å². The summed E-state index contributed by atoms with van der Waals surface area (Å²) in [5, 5.41) is 19.2. The first-order valence-corrected chi connectivity index (χ1v) is 6.72. The number of rotatable bonds is 4. The Hall–Kier alpha value is -2.84. The number of nitrogens with zero attached hydrogens (tertiary/aromatic N) is 2. The highest BCUT2D eigenvalue weighted by Gasteiger charge is 2.30. The number of carboxylic acid groups (broad SMARTS) is 1. The average Bonchev–Trinajstić information content (AvgIpc) is 3.28. The van der Waals surface area contributed by atoms with Gasteiger partial charge in [0.2, 0.25) is 12.0 Å². The smallest absolute Gasteiger partial charge is 0.341 e. The molecule has 1 saturated carbocycles. The Labute approximate surface area is 126 Å². The van der Waals surface area contributed by atoms with Crippen LogP contribution in [0.3, 0.4) is 0 Å². The SMILES string of the molecule is O=C(O)c1cn(C2CC2)c2c(F)c(C[N+](=O)[O-])c(F)cc2c1=O. The lowest BCUT2D eigenvalue weighted by Gasteiger charge is -2.14. The summed E-state index contributed by atoms with van der Waals surface area (Å²) in [5.41, 5.74) is -2.65. The summed E-state index contributed by atoms with van der Waals surface area (Å²) in [6.45, 7) is -1.06. The Morgan fingerprint density at radius 1 is 1.43 bits per heavy atom. The molecular weight excluding hydrogens is 314 g/mol. The molecule has 0 aliphatic heterocycles. The van der Waals surface area contributed by atoms with Gasteiger partial charge in [0.05, 0.1) is 16.5 Å². The highest BCUT2D eigenvalue weighted by atomic mass is 19.1. The molecule has 0 radical (unpaired) electrons. The molecule has 1 heterocycles. The zero-order chi connectivity index (χ0) is 16.9. The lowest BCUT2D eigenvalue weighted by molar-refractivity contribution is -0.497. The summed E-state index contributed by atoms with van der Waals surface area (Å²) in [4.78, 5) is 33.0. The van der Waals surface area contributed by atoms with E-state index in [0.717, 1.165) is 6.20 Å². The van der Waals surface area contributed by atoms with Crippen LogP contribution in [-0.4, -0.2) is 20.6 Å². The number of hydrogen-bond donors (Lipinski definition) is 1. The number of pyridine rings is 1. The van der Waals surface area contributed by atoms with E-state index < -0.39 is 51.0 Å². The minimum Gasteiger partial charge on any atom is -0.477 e. The van der Waals surface area contributed by atoms with Gasteiger partial charge in [-0.2, -0.15) is 0 Å². The number of carboxylic acids is 1. The molecule has 7 nitrogen and oxygen atoms in total. The van der Waals surface area contributed by atoms with Crippen molar-refractivity contribution in [1.29, 1.82) is 0 Å². The van der Waals surface area contributed by atoms with Gasteiger partial charge in [-0.25, -0.2) is 13.6 Å². The Kier molecular flexibility index (Phi) is 3.35. The van der Waals surface area contributed by atoms with Crippen LogP contribution in [0.1, 0.15) is 34.8 Å². The van der Waals surface area contributed by atoms with Crippen LogP contribution in [0.25, 0.3) is 10.9 Å². The van der Waals surface area contributed by atoms with Crippen molar-refractivity contribution in [3.63, 3.8) is 0 Å². The second kappa shape index (κ2) is 5.11. The topological polar surface area (TPSA) is 102 Å². The summed E-state index contributed by atoms with van der Waals surface area (Å²) in [5.74, 6) is -3.94. The minimum atomic E-state index is -1.50. The maximum atomic E-state index is 14.6. The van der Waals surface area contributed by atoms with Crippen LogP contribution in [0, 0.1) is 21.7 Å². The van der Waals surface area contributed by atoms with E-state index in [4.69, 9.17) is 5.11 Å². The van der Waals surface area contributed by atoms with E-state index in [-0.39, 0.29) is 11.6 Å². The predicted molar refractivity (Wildman–Crippen MR) is 74.1 cm³/mol. The zero-order valence-corrected chi connectivity index (χ0v) is 11.6. The van der Waals surface area contributed by atoms with Crippen molar-refractivity contribution in [2.24, 2.45) is 0 Å². The lowest BCUT2D eigenvalue weighted by atomic mass is 10.1. The first-order valence-electron chi connectivity index (χ1n) is 6.72. The third-order valence-corrected chi connectivity index (χ3v) is 3.76. The largest absolute Gasteiger partial charge is 0.477 e. The van der Waals surface area contributed by atoms with Crippen LogP contribution in [0.15, 0.2) is 17.1 Å². The Balaban J connectivity index is 2.42. The molecule has 1 N–H and O–H groups in total. The highest BCUT2D eigenvalue weighted by Crippen LogP contribution is 2.38. The number of hydrogen-bond acceptors (Lipinski definition) is 4. The van der Waals surface area contributed by atoms with Gasteiger partial charge in [0.1, 0.15) is 11.4 Å². The van der Waals surface area contributed by atoms with Gasteiger partial charge in [-0.3, -0.25) is 14.9 Å². The maximum absolute atomic E-state index is 14.6. The van der Waals surface area contributed by atoms with Crippen LogP contribution >= 0.6 is 0 Å². The van der Waals surface area contributed by atoms with Crippen molar-refractivity contribution in [3.05, 3.63) is 55.4 Å². The first kappa shape index (κ1) is 15.1. The normalized spacial score (nSPS) is 14.2. The van der Waals surface area contributed by atoms with E-state index in [1.165, 1.54) is 4.57 Å². The number of aromatic carboxylic acids is 1. The predicted octanol–water partition coefficient (Wildman–Crippen LogP) is 2.09. The quantitative estimate of drug-likeness (QED) is 0.685. The molecule has 120 valence electrons. The number of carbonyl (C=O) groups is 1. The number of fused-ring (bicyclic) bond motifs is 1. The maximum Gasteiger partial charge on any atom is 0.341 e. The molecular formula is C14H10F2N2O5. The second-order valence-electron chi connectivity index (χ2n) is 5.35. The number of halogens is 2. The standard InChI is InChI=1S/C14H10F2N2O5/c15-10-3-7-12(11(16)8(10)5-18(22)23)17(6-1-2-6)4-9(13(7)19)14(20)21/h3-4,6H,1-2,5H2,(H,20,21). The van der Waals surface area contributed by atoms with Crippen LogP contribution in [0.2, 0.25) is 0 Å². The summed E-state index contributed by atoms with van der Waals surface area (Å²) in [7, 11) is 0. The number of aromatic nitrogens is 1. The molecule has 3 rings (SSSR count). The number of benzene rings is 1. The molecule has 0 bridgehead atoms. The fourth-order valence-electron chi connectivity index (χ4n) is 2.55. The molecule has 1 aromatic heterocycles. The Morgan fingerprint density at radius 3 is 2.61 bits per heavy atom. The van der Waals surface area contributed by atoms with E-state index in [0.29, 0.717) is 18.9 Å². The molecule has 1 aliphatic rings. The monoisotopic (exact) mass is 324 g/mol. The highest BCUT2D eigenvalue weighted by molar-refractivity contribution is 5.93. The van der Waals surface area contributed by atoms with Crippen molar-refractivity contribution in [2.45, 2.75) is 25.4 Å². The van der Waals surface area contributed by atoms with Gasteiger partial charge < -0.3 is 9.67 Å². The van der Waals surface area contributed by atoms with Gasteiger partial charge in [0.25, 0.3) is 0 Å². The number of nitro groups is 1. The molecule has 1 aromatic carbocycles. The van der Waals surface area contributed by atoms with Crippen molar-refractivity contribution >= 4 is 16.9 Å². The average molecular weight is 324 g/mol. The van der Waals surface area contributed by atoms with Gasteiger partial charge in [-0.05, 0) is 18.9 Å². The first-order chi connectivity index (χ1) is 10.8. The van der Waals surface area contributed by atoms with E-state index in [9.17, 15) is 28.5 Å². The van der Waals surface area contributed by atoms with Crippen molar-refractivity contribution in [2.75, 3.05) is 0 Å². The second-order valence-corrected chi connectivity index (χ2v) is 5.35. The lowest BCUT2D eigenvalue weighted by Crippen LogP contribution is -2.20. The molecule has 2 aromatic rings. The molecule has 0 spiro atoms. The summed E-state index contributed by atoms with van der Waals surface area (Å²) in [6.07, 6.45) is 2.32. The molecule has 1 aliphatic carbocycles. The Morgan fingerprint density at radius 2 is 2.09 bits per heavy atom. The fourth-order valence-corrected chi connectivity index (χ4v) is 2.55. The van der Waals surface area contributed by atoms with Crippen LogP contribution in [0.5, 0.6) is 0 Å². The molecule has 0 amide bonds.